The third kappa shape index (κ3) is 1.92. The van der Waals surface area contributed by atoms with Gasteiger partial charge < -0.3 is 0 Å². The van der Waals surface area contributed by atoms with Gasteiger partial charge in [-0.05, 0) is 28.7 Å². The van der Waals surface area contributed by atoms with Crippen LogP contribution in [0.5, 0.6) is 0 Å². The molecule has 1 aliphatic rings. The van der Waals surface area contributed by atoms with Crippen molar-refractivity contribution in [2.24, 2.45) is 0 Å². The normalized spacial score (nSPS) is 18.2. The molecule has 0 amide bonds. The molecule has 1 heterocycles. The van der Waals surface area contributed by atoms with Crippen molar-refractivity contribution >= 4 is 15.9 Å². The molecule has 0 N–H and O–H groups in total. The first-order valence-electron chi connectivity index (χ1n) is 5.34. The van der Waals surface area contributed by atoms with E-state index in [1.54, 1.807) is 12.1 Å². The van der Waals surface area contributed by atoms with Crippen LogP contribution < -0.4 is 0 Å². The van der Waals surface area contributed by atoms with Crippen molar-refractivity contribution in [2.75, 3.05) is 5.75 Å². The maximum absolute atomic E-state index is 11.8. The van der Waals surface area contributed by atoms with Crippen LogP contribution in [-0.4, -0.2) is 14.2 Å². The summed E-state index contributed by atoms with van der Waals surface area (Å²) in [6, 6.07) is 5.62. The van der Waals surface area contributed by atoms with Gasteiger partial charge >= 0.3 is 0 Å². The van der Waals surface area contributed by atoms with Crippen LogP contribution >= 0.6 is 0 Å². The lowest BCUT2D eigenvalue weighted by Gasteiger charge is -2.21. The summed E-state index contributed by atoms with van der Waals surface area (Å²) < 4.78 is 23.6. The summed E-state index contributed by atoms with van der Waals surface area (Å²) in [5.41, 5.74) is 2.02. The van der Waals surface area contributed by atoms with Crippen molar-refractivity contribution in [3.8, 4) is 0 Å². The predicted molar refractivity (Wildman–Crippen MR) is 66.2 cm³/mol. The lowest BCUT2D eigenvalue weighted by atomic mass is 9.86. The molecule has 2 rings (SSSR count). The molecule has 0 atom stereocenters. The highest BCUT2D eigenvalue weighted by Gasteiger charge is 2.22. The molecule has 16 heavy (non-hydrogen) atoms. The Morgan fingerprint density at radius 2 is 1.88 bits per heavy atom. The average molecular weight is 236 g/mol. The van der Waals surface area contributed by atoms with Crippen molar-refractivity contribution in [1.29, 1.82) is 0 Å². The van der Waals surface area contributed by atoms with Gasteiger partial charge in [0.2, 0.25) is 0 Å². The molecule has 0 spiro atoms. The van der Waals surface area contributed by atoms with Crippen molar-refractivity contribution in [3.63, 3.8) is 0 Å². The van der Waals surface area contributed by atoms with Crippen molar-refractivity contribution in [2.45, 2.75) is 31.1 Å². The molecule has 2 nitrogen and oxygen atoms in total. The number of fused-ring (bicyclic) bond motifs is 1. The van der Waals surface area contributed by atoms with E-state index in [-0.39, 0.29) is 11.2 Å². The second-order valence-corrected chi connectivity index (χ2v) is 7.19. The van der Waals surface area contributed by atoms with E-state index in [0.29, 0.717) is 4.90 Å². The summed E-state index contributed by atoms with van der Waals surface area (Å²) in [6.07, 6.45) is 3.61. The van der Waals surface area contributed by atoms with E-state index in [0.717, 1.165) is 11.1 Å². The Morgan fingerprint density at radius 3 is 2.50 bits per heavy atom. The standard InChI is InChI=1S/C13H16O2S/c1-13(2,3)11-6-7-12-10(9-11)5-4-8-16(12,14)15/h4-7,9H,8H2,1-3H3. The molecule has 1 aliphatic heterocycles. The molecule has 1 aromatic carbocycles. The number of benzene rings is 1. The quantitative estimate of drug-likeness (QED) is 0.694. The molecule has 0 aliphatic carbocycles. The molecular weight excluding hydrogens is 220 g/mol. The Labute approximate surface area is 96.9 Å². The molecule has 86 valence electrons. The van der Waals surface area contributed by atoms with Gasteiger partial charge in [-0.15, -0.1) is 0 Å². The van der Waals surface area contributed by atoms with E-state index in [2.05, 4.69) is 20.8 Å². The van der Waals surface area contributed by atoms with Gasteiger partial charge in [-0.25, -0.2) is 8.42 Å². The van der Waals surface area contributed by atoms with Gasteiger partial charge in [0, 0.05) is 0 Å². The smallest absolute Gasteiger partial charge is 0.182 e. The van der Waals surface area contributed by atoms with Crippen LogP contribution in [0.25, 0.3) is 6.08 Å². The molecule has 0 fully saturated rings. The second-order valence-electron chi connectivity index (χ2n) is 5.19. The zero-order valence-electron chi connectivity index (χ0n) is 9.82. The van der Waals surface area contributed by atoms with Crippen LogP contribution in [0.2, 0.25) is 0 Å². The second kappa shape index (κ2) is 3.45. The Hall–Kier alpha value is -1.09. The molecule has 0 bridgehead atoms. The summed E-state index contributed by atoms with van der Waals surface area (Å²) in [4.78, 5) is 0.461. The zero-order valence-corrected chi connectivity index (χ0v) is 10.6. The Morgan fingerprint density at radius 1 is 1.19 bits per heavy atom. The Bertz CT molecular complexity index is 546. The lowest BCUT2D eigenvalue weighted by molar-refractivity contribution is 0.586. The predicted octanol–water partition coefficient (Wildman–Crippen LogP) is 2.78. The Kier molecular flexibility index (Phi) is 2.46. The fourth-order valence-corrected chi connectivity index (χ4v) is 3.11. The van der Waals surface area contributed by atoms with E-state index >= 15 is 0 Å². The molecular formula is C13H16O2S. The van der Waals surface area contributed by atoms with E-state index in [4.69, 9.17) is 0 Å². The van der Waals surface area contributed by atoms with Gasteiger partial charge in [0.1, 0.15) is 0 Å². The van der Waals surface area contributed by atoms with Crippen molar-refractivity contribution < 1.29 is 8.42 Å². The van der Waals surface area contributed by atoms with E-state index < -0.39 is 9.84 Å². The summed E-state index contributed by atoms with van der Waals surface area (Å²) in [6.45, 7) is 6.36. The highest BCUT2D eigenvalue weighted by molar-refractivity contribution is 7.91. The first kappa shape index (κ1) is 11.4. The molecule has 0 aromatic heterocycles. The zero-order chi connectivity index (χ0) is 12.0. The van der Waals surface area contributed by atoms with Crippen molar-refractivity contribution in [1.82, 2.24) is 0 Å². The van der Waals surface area contributed by atoms with Crippen LogP contribution in [0, 0.1) is 0 Å². The first-order chi connectivity index (χ1) is 7.31. The highest BCUT2D eigenvalue weighted by atomic mass is 32.2. The van der Waals surface area contributed by atoms with Gasteiger partial charge in [0.15, 0.2) is 9.84 Å². The maximum atomic E-state index is 11.8. The summed E-state index contributed by atoms with van der Waals surface area (Å²) >= 11 is 0. The maximum Gasteiger partial charge on any atom is 0.182 e. The molecule has 0 saturated carbocycles. The number of hydrogen-bond donors (Lipinski definition) is 0. The van der Waals surface area contributed by atoms with Crippen LogP contribution in [0.1, 0.15) is 31.9 Å². The molecule has 3 heteroatoms. The van der Waals surface area contributed by atoms with E-state index in [1.807, 2.05) is 18.2 Å². The monoisotopic (exact) mass is 236 g/mol. The van der Waals surface area contributed by atoms with Crippen LogP contribution in [-0.2, 0) is 15.3 Å². The summed E-state index contributed by atoms with van der Waals surface area (Å²) in [5.74, 6) is 0.120. The molecule has 0 radical (unpaired) electrons. The van der Waals surface area contributed by atoms with E-state index in [1.165, 1.54) is 0 Å². The van der Waals surface area contributed by atoms with Gasteiger partial charge in [-0.3, -0.25) is 0 Å². The van der Waals surface area contributed by atoms with Crippen LogP contribution in [0.15, 0.2) is 29.2 Å². The minimum Gasteiger partial charge on any atom is -0.223 e. The van der Waals surface area contributed by atoms with Gasteiger partial charge in [0.25, 0.3) is 0 Å². The first-order valence-corrected chi connectivity index (χ1v) is 7.00. The number of sulfone groups is 1. The third-order valence-corrected chi connectivity index (χ3v) is 4.50. The number of rotatable bonds is 0. The topological polar surface area (TPSA) is 34.1 Å². The lowest BCUT2D eigenvalue weighted by Crippen LogP contribution is -2.14. The largest absolute Gasteiger partial charge is 0.223 e. The van der Waals surface area contributed by atoms with Crippen LogP contribution in [0.3, 0.4) is 0 Å². The van der Waals surface area contributed by atoms with Gasteiger partial charge in [-0.2, -0.15) is 0 Å². The summed E-state index contributed by atoms with van der Waals surface area (Å²) in [7, 11) is -3.09. The molecule has 0 saturated heterocycles. The molecule has 0 unspecified atom stereocenters. The number of hydrogen-bond acceptors (Lipinski definition) is 2. The SMILES string of the molecule is CC(C)(C)c1ccc2c(c1)C=CCS2(=O)=O. The fraction of sp³-hybridized carbons (Fsp3) is 0.385. The summed E-state index contributed by atoms with van der Waals surface area (Å²) in [5, 5.41) is 0. The average Bonchev–Trinajstić information content (AvgIpc) is 2.15. The van der Waals surface area contributed by atoms with Gasteiger partial charge in [0.05, 0.1) is 10.6 Å². The highest BCUT2D eigenvalue weighted by Crippen LogP contribution is 2.29. The van der Waals surface area contributed by atoms with Crippen molar-refractivity contribution in [3.05, 3.63) is 35.4 Å². The Balaban J connectivity index is 2.63. The minimum atomic E-state index is -3.09. The third-order valence-electron chi connectivity index (χ3n) is 2.82. The van der Waals surface area contributed by atoms with Crippen LogP contribution in [0.4, 0.5) is 0 Å². The minimum absolute atomic E-state index is 0.0457. The van der Waals surface area contributed by atoms with Gasteiger partial charge in [-0.1, -0.05) is 39.0 Å². The fourth-order valence-electron chi connectivity index (χ4n) is 1.82. The molecule has 1 aromatic rings. The van der Waals surface area contributed by atoms with E-state index in [9.17, 15) is 8.42 Å².